The Morgan fingerprint density at radius 1 is 1.29 bits per heavy atom. The first kappa shape index (κ1) is 23.4. The minimum atomic E-state index is -0.101. The summed E-state index contributed by atoms with van der Waals surface area (Å²) in [6, 6.07) is 0. The van der Waals surface area contributed by atoms with Crippen molar-refractivity contribution in [3.63, 3.8) is 0 Å². The first-order chi connectivity index (χ1) is 11.2. The van der Waals surface area contributed by atoms with Crippen molar-refractivity contribution in [1.29, 1.82) is 0 Å². The summed E-state index contributed by atoms with van der Waals surface area (Å²) in [5.74, 6) is 0.679. The summed E-state index contributed by atoms with van der Waals surface area (Å²) in [5, 5.41) is 3.29. The highest BCUT2D eigenvalue weighted by Crippen LogP contribution is 2.18. The van der Waals surface area contributed by atoms with Crippen molar-refractivity contribution >= 4 is 35.9 Å². The lowest BCUT2D eigenvalue weighted by atomic mass is 9.98. The number of nitrogens with zero attached hydrogens (tertiary/aromatic N) is 2. The van der Waals surface area contributed by atoms with E-state index in [1.165, 1.54) is 0 Å². The van der Waals surface area contributed by atoms with Gasteiger partial charge in [0.05, 0.1) is 38.9 Å². The van der Waals surface area contributed by atoms with Crippen LogP contribution in [-0.2, 0) is 19.0 Å². The lowest BCUT2D eigenvalue weighted by Crippen LogP contribution is -2.48. The Bertz CT molecular complexity index is 369. The summed E-state index contributed by atoms with van der Waals surface area (Å²) in [4.78, 5) is 18.7. The van der Waals surface area contributed by atoms with E-state index in [9.17, 15) is 4.79 Å². The molecular weight excluding hydrogens is 425 g/mol. The van der Waals surface area contributed by atoms with Crippen LogP contribution >= 0.6 is 24.0 Å². The van der Waals surface area contributed by atoms with Gasteiger partial charge in [-0.05, 0) is 26.7 Å². The molecule has 0 aromatic carbocycles. The van der Waals surface area contributed by atoms with E-state index in [-0.39, 0.29) is 35.9 Å². The highest BCUT2D eigenvalue weighted by molar-refractivity contribution is 14.0. The second kappa shape index (κ2) is 14.7. The van der Waals surface area contributed by atoms with Crippen LogP contribution in [0, 0.1) is 5.92 Å². The topological polar surface area (TPSA) is 72.4 Å². The number of guanidine groups is 1. The molecule has 1 N–H and O–H groups in total. The van der Waals surface area contributed by atoms with Gasteiger partial charge >= 0.3 is 5.97 Å². The maximum Gasteiger partial charge on any atom is 0.310 e. The fourth-order valence-electron chi connectivity index (χ4n) is 2.51. The van der Waals surface area contributed by atoms with Gasteiger partial charge in [0.1, 0.15) is 0 Å². The molecule has 0 aromatic rings. The lowest BCUT2D eigenvalue weighted by Gasteiger charge is -2.34. The van der Waals surface area contributed by atoms with Gasteiger partial charge in [0.15, 0.2) is 5.96 Å². The second-order valence-corrected chi connectivity index (χ2v) is 5.38. The molecule has 1 fully saturated rings. The van der Waals surface area contributed by atoms with E-state index in [2.05, 4.69) is 15.2 Å². The molecule has 1 atom stereocenters. The number of hydrogen-bond acceptors (Lipinski definition) is 5. The summed E-state index contributed by atoms with van der Waals surface area (Å²) >= 11 is 0. The number of hydrogen-bond donors (Lipinski definition) is 1. The average Bonchev–Trinajstić information content (AvgIpc) is 2.57. The molecule has 24 heavy (non-hydrogen) atoms. The summed E-state index contributed by atoms with van der Waals surface area (Å²) in [6.45, 7) is 9.01. The third-order valence-corrected chi connectivity index (χ3v) is 3.60. The van der Waals surface area contributed by atoms with Crippen LogP contribution in [0.3, 0.4) is 0 Å². The smallest absolute Gasteiger partial charge is 0.310 e. The number of nitrogens with one attached hydrogen (secondary N) is 1. The Labute approximate surface area is 162 Å². The van der Waals surface area contributed by atoms with Crippen LogP contribution in [0.25, 0.3) is 0 Å². The number of halogens is 1. The zero-order chi connectivity index (χ0) is 16.9. The Balaban J connectivity index is 0.00000529. The first-order valence-electron chi connectivity index (χ1n) is 8.49. The zero-order valence-corrected chi connectivity index (χ0v) is 17.4. The van der Waals surface area contributed by atoms with Gasteiger partial charge in [-0.25, -0.2) is 0 Å². The monoisotopic (exact) mass is 457 g/mol. The van der Waals surface area contributed by atoms with Crippen molar-refractivity contribution in [1.82, 2.24) is 10.2 Å². The van der Waals surface area contributed by atoms with E-state index < -0.39 is 0 Å². The van der Waals surface area contributed by atoms with Crippen molar-refractivity contribution in [2.75, 3.05) is 59.7 Å². The van der Waals surface area contributed by atoms with Crippen LogP contribution in [0.2, 0.25) is 0 Å². The van der Waals surface area contributed by atoms with E-state index in [4.69, 9.17) is 14.2 Å². The van der Waals surface area contributed by atoms with Crippen LogP contribution in [0.5, 0.6) is 0 Å². The van der Waals surface area contributed by atoms with Crippen molar-refractivity contribution in [3.8, 4) is 0 Å². The van der Waals surface area contributed by atoms with Gasteiger partial charge in [-0.1, -0.05) is 0 Å². The third kappa shape index (κ3) is 9.03. The predicted molar refractivity (Wildman–Crippen MR) is 105 cm³/mol. The Kier molecular flexibility index (Phi) is 14.3. The fourth-order valence-corrected chi connectivity index (χ4v) is 2.51. The van der Waals surface area contributed by atoms with Crippen LogP contribution in [-0.4, -0.2) is 76.5 Å². The molecule has 8 heteroatoms. The van der Waals surface area contributed by atoms with Crippen molar-refractivity contribution in [3.05, 3.63) is 0 Å². The van der Waals surface area contributed by atoms with Gasteiger partial charge in [0.2, 0.25) is 0 Å². The number of esters is 1. The molecule has 1 rings (SSSR count). The maximum absolute atomic E-state index is 11.9. The molecule has 0 aliphatic carbocycles. The van der Waals surface area contributed by atoms with Crippen LogP contribution in [0.1, 0.15) is 26.7 Å². The summed E-state index contributed by atoms with van der Waals surface area (Å²) in [5.41, 5.74) is 0. The highest BCUT2D eigenvalue weighted by atomic mass is 127. The van der Waals surface area contributed by atoms with E-state index in [1.54, 1.807) is 7.11 Å². The molecule has 1 saturated heterocycles. The normalized spacial score (nSPS) is 18.0. The molecule has 0 spiro atoms. The molecule has 0 aromatic heterocycles. The molecule has 0 bridgehead atoms. The zero-order valence-electron chi connectivity index (χ0n) is 15.1. The molecule has 0 radical (unpaired) electrons. The number of rotatable bonds is 9. The van der Waals surface area contributed by atoms with Crippen molar-refractivity contribution in [2.45, 2.75) is 26.7 Å². The molecule has 7 nitrogen and oxygen atoms in total. The molecule has 1 unspecified atom stereocenters. The third-order valence-electron chi connectivity index (χ3n) is 3.60. The molecule has 0 amide bonds. The van der Waals surface area contributed by atoms with E-state index in [0.717, 1.165) is 31.9 Å². The van der Waals surface area contributed by atoms with Crippen molar-refractivity contribution < 1.29 is 19.0 Å². The van der Waals surface area contributed by atoms with Crippen LogP contribution in [0.15, 0.2) is 4.99 Å². The largest absolute Gasteiger partial charge is 0.466 e. The predicted octanol–water partition coefficient (Wildman–Crippen LogP) is 1.51. The second-order valence-electron chi connectivity index (χ2n) is 5.38. The highest BCUT2D eigenvalue weighted by Gasteiger charge is 2.28. The molecule has 1 aliphatic rings. The minimum Gasteiger partial charge on any atom is -0.466 e. The van der Waals surface area contributed by atoms with Gasteiger partial charge in [0.25, 0.3) is 0 Å². The molecular formula is C16H32IN3O4. The van der Waals surface area contributed by atoms with Gasteiger partial charge in [-0.3, -0.25) is 9.79 Å². The van der Waals surface area contributed by atoms with Crippen LogP contribution in [0.4, 0.5) is 0 Å². The summed E-state index contributed by atoms with van der Waals surface area (Å²) < 4.78 is 15.5. The van der Waals surface area contributed by atoms with Gasteiger partial charge in [-0.2, -0.15) is 0 Å². The number of ether oxygens (including phenoxy) is 3. The molecule has 0 saturated carbocycles. The SMILES string of the molecule is CCNC(=NCCOCCOC)N1CCCC(C(=O)OCC)C1.I. The number of carbonyl (C=O) groups excluding carboxylic acids is 1. The first-order valence-corrected chi connectivity index (χ1v) is 8.49. The Morgan fingerprint density at radius 3 is 2.75 bits per heavy atom. The summed E-state index contributed by atoms with van der Waals surface area (Å²) in [6.07, 6.45) is 1.85. The fraction of sp³-hybridized carbons (Fsp3) is 0.875. The van der Waals surface area contributed by atoms with Gasteiger partial charge in [-0.15, -0.1) is 24.0 Å². The van der Waals surface area contributed by atoms with Crippen molar-refractivity contribution in [2.24, 2.45) is 10.9 Å². The molecule has 142 valence electrons. The maximum atomic E-state index is 11.9. The minimum absolute atomic E-state index is 0. The number of aliphatic imine (C=N–C) groups is 1. The Morgan fingerprint density at radius 2 is 2.08 bits per heavy atom. The van der Waals surface area contributed by atoms with Gasteiger partial charge < -0.3 is 24.4 Å². The quantitative estimate of drug-likeness (QED) is 0.186. The van der Waals surface area contributed by atoms with E-state index in [0.29, 0.717) is 39.5 Å². The van der Waals surface area contributed by atoms with E-state index >= 15 is 0 Å². The average molecular weight is 457 g/mol. The standard InChI is InChI=1S/C16H31N3O4.HI/c1-4-17-16(18-8-10-22-12-11-21-3)19-9-6-7-14(13-19)15(20)23-5-2;/h14H,4-13H2,1-3H3,(H,17,18);1H. The number of piperidine rings is 1. The Hall–Kier alpha value is -0.610. The molecule has 1 aliphatic heterocycles. The lowest BCUT2D eigenvalue weighted by molar-refractivity contribution is -0.149. The number of methoxy groups -OCH3 is 1. The number of likely N-dealkylation sites (tertiary alicyclic amines) is 1. The van der Waals surface area contributed by atoms with E-state index in [1.807, 2.05) is 13.8 Å². The van der Waals surface area contributed by atoms with Gasteiger partial charge in [0, 0.05) is 26.7 Å². The summed E-state index contributed by atoms with van der Waals surface area (Å²) in [7, 11) is 1.65. The van der Waals surface area contributed by atoms with Crippen LogP contribution < -0.4 is 5.32 Å². The number of carbonyl (C=O) groups is 1. The molecule has 1 heterocycles.